The summed E-state index contributed by atoms with van der Waals surface area (Å²) in [5.74, 6) is -0.932. The minimum absolute atomic E-state index is 0.309. The summed E-state index contributed by atoms with van der Waals surface area (Å²) in [6.07, 6.45) is 0.167. The van der Waals surface area contributed by atoms with Crippen LogP contribution in [0.25, 0.3) is 0 Å². The van der Waals surface area contributed by atoms with Crippen molar-refractivity contribution in [1.82, 2.24) is 9.80 Å². The lowest BCUT2D eigenvalue weighted by atomic mass is 9.92. The van der Waals surface area contributed by atoms with Crippen LogP contribution in [0.3, 0.4) is 0 Å². The summed E-state index contributed by atoms with van der Waals surface area (Å²) >= 11 is 0. The van der Waals surface area contributed by atoms with Crippen LogP contribution in [0.5, 0.6) is 0 Å². The molecule has 1 aliphatic heterocycles. The molecule has 36 heavy (non-hydrogen) atoms. The Morgan fingerprint density at radius 2 is 1.14 bits per heavy atom. The molecule has 192 valence electrons. The van der Waals surface area contributed by atoms with Gasteiger partial charge in [0.05, 0.1) is 12.2 Å². The van der Waals surface area contributed by atoms with Gasteiger partial charge in [-0.25, -0.2) is 13.2 Å². The van der Waals surface area contributed by atoms with Crippen LogP contribution >= 0.6 is 0 Å². The Labute approximate surface area is 210 Å². The van der Waals surface area contributed by atoms with Crippen molar-refractivity contribution in [3.8, 4) is 0 Å². The molecule has 0 amide bonds. The summed E-state index contributed by atoms with van der Waals surface area (Å²) in [4.78, 5) is 4.66. The molecule has 0 radical (unpaired) electrons. The molecule has 0 aromatic heterocycles. The molecule has 3 aromatic rings. The summed E-state index contributed by atoms with van der Waals surface area (Å²) in [5.41, 5.74) is 1.35. The zero-order valence-corrected chi connectivity index (χ0v) is 20.5. The van der Waals surface area contributed by atoms with E-state index in [0.717, 1.165) is 56.0 Å². The van der Waals surface area contributed by atoms with Crippen molar-refractivity contribution in [3.63, 3.8) is 0 Å². The molecule has 1 aliphatic rings. The second-order valence-electron chi connectivity index (χ2n) is 9.57. The monoisotopic (exact) mass is 498 g/mol. The molecule has 0 saturated carbocycles. The van der Waals surface area contributed by atoms with Gasteiger partial charge in [0.15, 0.2) is 0 Å². The Balaban J connectivity index is 1.25. The average molecular weight is 499 g/mol. The molecule has 1 atom stereocenters. The first-order chi connectivity index (χ1) is 17.3. The van der Waals surface area contributed by atoms with E-state index in [9.17, 15) is 18.3 Å². The molecule has 1 fully saturated rings. The molecule has 4 rings (SSSR count). The van der Waals surface area contributed by atoms with Crippen LogP contribution in [0.1, 0.15) is 36.1 Å². The maximum absolute atomic E-state index is 13.4. The minimum Gasteiger partial charge on any atom is -0.385 e. The van der Waals surface area contributed by atoms with E-state index >= 15 is 0 Å². The van der Waals surface area contributed by atoms with Crippen molar-refractivity contribution in [3.05, 3.63) is 107 Å². The third-order valence-electron chi connectivity index (χ3n) is 6.88. The molecule has 0 aliphatic carbocycles. The molecule has 3 aromatic carbocycles. The molecular formula is C29H33F3N2O2. The smallest absolute Gasteiger partial charge is 0.123 e. The van der Waals surface area contributed by atoms with Gasteiger partial charge >= 0.3 is 0 Å². The number of rotatable bonds is 10. The van der Waals surface area contributed by atoms with Crippen molar-refractivity contribution in [2.45, 2.75) is 25.0 Å². The normalized spacial score (nSPS) is 16.8. The van der Waals surface area contributed by atoms with E-state index in [2.05, 4.69) is 9.80 Å². The summed E-state index contributed by atoms with van der Waals surface area (Å²) in [6.45, 7) is 7.31. The van der Waals surface area contributed by atoms with Gasteiger partial charge in [-0.3, -0.25) is 4.90 Å². The fourth-order valence-electron chi connectivity index (χ4n) is 4.53. The number of hydrogen-bond acceptors (Lipinski definition) is 4. The predicted octanol–water partition coefficient (Wildman–Crippen LogP) is 5.13. The number of halogens is 3. The van der Waals surface area contributed by atoms with Gasteiger partial charge in [-0.2, -0.15) is 0 Å². The van der Waals surface area contributed by atoms with Gasteiger partial charge in [0.1, 0.15) is 23.6 Å². The average Bonchev–Trinajstić information content (AvgIpc) is 2.88. The van der Waals surface area contributed by atoms with Crippen LogP contribution in [0.4, 0.5) is 13.2 Å². The van der Waals surface area contributed by atoms with E-state index in [-0.39, 0.29) is 17.5 Å². The lowest BCUT2D eigenvalue weighted by molar-refractivity contribution is 0.0212. The largest absolute Gasteiger partial charge is 0.385 e. The summed E-state index contributed by atoms with van der Waals surface area (Å²) < 4.78 is 46.3. The molecule has 4 nitrogen and oxygen atoms in total. The van der Waals surface area contributed by atoms with Gasteiger partial charge in [0.25, 0.3) is 0 Å². The van der Waals surface area contributed by atoms with E-state index in [1.54, 1.807) is 43.3 Å². The molecule has 1 unspecified atom stereocenters. The van der Waals surface area contributed by atoms with E-state index in [0.29, 0.717) is 13.0 Å². The first-order valence-corrected chi connectivity index (χ1v) is 12.4. The zero-order chi connectivity index (χ0) is 25.5. The molecule has 0 spiro atoms. The lowest BCUT2D eigenvalue weighted by Crippen LogP contribution is -2.48. The summed E-state index contributed by atoms with van der Waals surface area (Å²) in [5, 5.41) is 10.8. The highest BCUT2D eigenvalue weighted by molar-refractivity contribution is 5.30. The maximum Gasteiger partial charge on any atom is 0.123 e. The lowest BCUT2D eigenvalue weighted by Gasteiger charge is -2.36. The van der Waals surface area contributed by atoms with Crippen LogP contribution in [-0.2, 0) is 10.3 Å². The zero-order valence-electron chi connectivity index (χ0n) is 20.5. The second-order valence-corrected chi connectivity index (χ2v) is 9.57. The number of benzene rings is 3. The Hall–Kier alpha value is -2.71. The Bertz CT molecular complexity index is 1040. The van der Waals surface area contributed by atoms with Crippen LogP contribution in [0, 0.1) is 17.5 Å². The Morgan fingerprint density at radius 3 is 1.61 bits per heavy atom. The quantitative estimate of drug-likeness (QED) is 0.421. The third kappa shape index (κ3) is 7.17. The van der Waals surface area contributed by atoms with Crippen LogP contribution < -0.4 is 0 Å². The number of piperazine rings is 1. The minimum atomic E-state index is -1.01. The fraction of sp³-hybridized carbons (Fsp3) is 0.379. The van der Waals surface area contributed by atoms with Crippen LogP contribution in [0.15, 0.2) is 72.8 Å². The van der Waals surface area contributed by atoms with Crippen molar-refractivity contribution in [2.75, 3.05) is 45.9 Å². The molecule has 1 saturated heterocycles. The first-order valence-electron chi connectivity index (χ1n) is 12.4. The van der Waals surface area contributed by atoms with Gasteiger partial charge in [0, 0.05) is 39.3 Å². The first kappa shape index (κ1) is 26.4. The van der Waals surface area contributed by atoms with Crippen LogP contribution in [0.2, 0.25) is 0 Å². The summed E-state index contributed by atoms with van der Waals surface area (Å²) in [6, 6.07) is 18.4. The third-order valence-corrected chi connectivity index (χ3v) is 6.88. The van der Waals surface area contributed by atoms with Crippen molar-refractivity contribution >= 4 is 0 Å². The Morgan fingerprint density at radius 1 is 0.722 bits per heavy atom. The summed E-state index contributed by atoms with van der Waals surface area (Å²) in [7, 11) is 0. The van der Waals surface area contributed by atoms with E-state index in [1.807, 2.05) is 0 Å². The molecular weight excluding hydrogens is 465 g/mol. The molecule has 0 bridgehead atoms. The van der Waals surface area contributed by atoms with Gasteiger partial charge in [-0.05, 0) is 66.4 Å². The van der Waals surface area contributed by atoms with Crippen molar-refractivity contribution in [1.29, 1.82) is 0 Å². The Kier molecular flexibility index (Phi) is 8.80. The standard InChI is InChI=1S/C29H33F3N2O2/c1-29(35,24-6-12-27(32)13-7-24)14-15-33-16-18-34(19-17-33)20-21-36-28(22-2-8-25(30)9-3-22)23-4-10-26(31)11-5-23/h2-13,28,35H,14-21H2,1H3. The fourth-order valence-corrected chi connectivity index (χ4v) is 4.53. The second kappa shape index (κ2) is 12.0. The highest BCUT2D eigenvalue weighted by Gasteiger charge is 2.25. The van der Waals surface area contributed by atoms with Gasteiger partial charge in [-0.15, -0.1) is 0 Å². The van der Waals surface area contributed by atoms with Gasteiger partial charge < -0.3 is 14.7 Å². The molecule has 1 N–H and O–H groups in total. The predicted molar refractivity (Wildman–Crippen MR) is 134 cm³/mol. The van der Waals surface area contributed by atoms with Gasteiger partial charge in [-0.1, -0.05) is 36.4 Å². The van der Waals surface area contributed by atoms with E-state index in [1.165, 1.54) is 36.4 Å². The molecule has 1 heterocycles. The number of aliphatic hydroxyl groups is 1. The highest BCUT2D eigenvalue weighted by atomic mass is 19.1. The topological polar surface area (TPSA) is 35.9 Å². The van der Waals surface area contributed by atoms with E-state index < -0.39 is 11.7 Å². The molecule has 7 heteroatoms. The van der Waals surface area contributed by atoms with Gasteiger partial charge in [0.2, 0.25) is 0 Å². The number of ether oxygens (including phenoxy) is 1. The SMILES string of the molecule is CC(O)(CCN1CCN(CCOC(c2ccc(F)cc2)c2ccc(F)cc2)CC1)c1ccc(F)cc1. The number of hydrogen-bond donors (Lipinski definition) is 1. The van der Waals surface area contributed by atoms with E-state index in [4.69, 9.17) is 4.74 Å². The maximum atomic E-state index is 13.4. The van der Waals surface area contributed by atoms with Crippen molar-refractivity contribution in [2.24, 2.45) is 0 Å². The van der Waals surface area contributed by atoms with Crippen molar-refractivity contribution < 1.29 is 23.0 Å². The van der Waals surface area contributed by atoms with Crippen LogP contribution in [-0.4, -0.2) is 60.8 Å². The number of nitrogens with zero attached hydrogens (tertiary/aromatic N) is 2. The highest BCUT2D eigenvalue weighted by Crippen LogP contribution is 2.27.